The molecule has 90 valence electrons. The fourth-order valence-electron chi connectivity index (χ4n) is 1.38. The highest BCUT2D eigenvalue weighted by Gasteiger charge is 2.09. The first-order chi connectivity index (χ1) is 7.77. The molecule has 0 atom stereocenters. The lowest BCUT2D eigenvalue weighted by atomic mass is 10.2. The molecule has 0 fully saturated rings. The minimum Gasteiger partial charge on any atom is -0.456 e. The highest BCUT2D eigenvalue weighted by atomic mass is 127. The van der Waals surface area contributed by atoms with Gasteiger partial charge in [-0.05, 0) is 29.4 Å². The van der Waals surface area contributed by atoms with E-state index in [9.17, 15) is 4.79 Å². The summed E-state index contributed by atoms with van der Waals surface area (Å²) in [6.45, 7) is 2.74. The molecule has 0 aromatic carbocycles. The first kappa shape index (κ1) is 13.5. The van der Waals surface area contributed by atoms with Gasteiger partial charge in [-0.3, -0.25) is 4.79 Å². The van der Waals surface area contributed by atoms with Crippen molar-refractivity contribution >= 4 is 28.5 Å². The Bertz CT molecular complexity index is 323. The Hall–Kier alpha value is -0.520. The molecular weight excluding hydrogens is 317 g/mol. The van der Waals surface area contributed by atoms with Crippen LogP contribution < -0.4 is 5.32 Å². The summed E-state index contributed by atoms with van der Waals surface area (Å²) < 4.78 is 6.54. The predicted molar refractivity (Wildman–Crippen MR) is 73.2 cm³/mol. The van der Waals surface area contributed by atoms with Gasteiger partial charge in [-0.25, -0.2) is 0 Å². The maximum atomic E-state index is 11.6. The third-order valence-electron chi connectivity index (χ3n) is 2.33. The fourth-order valence-corrected chi connectivity index (χ4v) is 1.91. The van der Waals surface area contributed by atoms with Crippen LogP contribution in [0.3, 0.4) is 0 Å². The molecular formula is C12H18INO2. The fraction of sp³-hybridized carbons (Fsp3) is 0.583. The molecule has 4 heteroatoms. The zero-order valence-electron chi connectivity index (χ0n) is 9.59. The van der Waals surface area contributed by atoms with Crippen LogP contribution in [0.1, 0.15) is 42.5 Å². The molecule has 0 bridgehead atoms. The summed E-state index contributed by atoms with van der Waals surface area (Å²) in [7, 11) is 0. The minimum absolute atomic E-state index is 0.103. The first-order valence-electron chi connectivity index (χ1n) is 5.70. The third-order valence-corrected chi connectivity index (χ3v) is 3.09. The lowest BCUT2D eigenvalue weighted by Crippen LogP contribution is -2.23. The van der Waals surface area contributed by atoms with Gasteiger partial charge in [0.05, 0.1) is 0 Å². The van der Waals surface area contributed by atoms with E-state index in [-0.39, 0.29) is 5.91 Å². The van der Waals surface area contributed by atoms with Crippen molar-refractivity contribution in [2.75, 3.05) is 11.0 Å². The zero-order chi connectivity index (χ0) is 11.8. The number of carbonyl (C=O) groups excluding carboxylic acids is 1. The third kappa shape index (κ3) is 4.55. The highest BCUT2D eigenvalue weighted by Crippen LogP contribution is 2.08. The summed E-state index contributed by atoms with van der Waals surface area (Å²) in [5.41, 5.74) is 0. The molecule has 0 aliphatic carbocycles. The Labute approximate surface area is 110 Å². The highest BCUT2D eigenvalue weighted by molar-refractivity contribution is 14.1. The number of unbranched alkanes of at least 4 members (excludes halogenated alkanes) is 2. The molecule has 0 saturated heterocycles. The molecule has 0 unspecified atom stereocenters. The van der Waals surface area contributed by atoms with Crippen LogP contribution in [0.2, 0.25) is 0 Å². The number of aryl methyl sites for hydroxylation is 1. The monoisotopic (exact) mass is 335 g/mol. The molecule has 16 heavy (non-hydrogen) atoms. The summed E-state index contributed by atoms with van der Waals surface area (Å²) >= 11 is 2.37. The van der Waals surface area contributed by atoms with Crippen molar-refractivity contribution in [1.82, 2.24) is 5.32 Å². The van der Waals surface area contributed by atoms with E-state index in [4.69, 9.17) is 4.42 Å². The van der Waals surface area contributed by atoms with Gasteiger partial charge in [-0.1, -0.05) is 35.9 Å². The summed E-state index contributed by atoms with van der Waals surface area (Å²) in [6, 6.07) is 3.59. The van der Waals surface area contributed by atoms with E-state index in [1.807, 2.05) is 13.0 Å². The van der Waals surface area contributed by atoms with E-state index >= 15 is 0 Å². The lowest BCUT2D eigenvalue weighted by molar-refractivity contribution is 0.0923. The predicted octanol–water partition coefficient (Wildman–Crippen LogP) is 3.18. The van der Waals surface area contributed by atoms with E-state index in [2.05, 4.69) is 27.9 Å². The van der Waals surface area contributed by atoms with Crippen LogP contribution in [0, 0.1) is 0 Å². The van der Waals surface area contributed by atoms with Gasteiger partial charge in [0.2, 0.25) is 0 Å². The first-order valence-corrected chi connectivity index (χ1v) is 7.23. The van der Waals surface area contributed by atoms with Crippen LogP contribution >= 0.6 is 22.6 Å². The van der Waals surface area contributed by atoms with Gasteiger partial charge in [0, 0.05) is 13.0 Å². The van der Waals surface area contributed by atoms with Crippen molar-refractivity contribution in [1.29, 1.82) is 0 Å². The number of carbonyl (C=O) groups is 1. The standard InChI is InChI=1S/C12H18INO2/c1-2-10-6-7-11(16-10)12(15)14-9-5-3-4-8-13/h6-7H,2-5,8-9H2,1H3,(H,14,15). The molecule has 1 N–H and O–H groups in total. The Morgan fingerprint density at radius 1 is 1.38 bits per heavy atom. The lowest BCUT2D eigenvalue weighted by Gasteiger charge is -2.02. The van der Waals surface area contributed by atoms with Gasteiger partial charge in [-0.2, -0.15) is 0 Å². The quantitative estimate of drug-likeness (QED) is 0.472. The number of halogens is 1. The Balaban J connectivity index is 2.24. The average Bonchev–Trinajstić information content (AvgIpc) is 2.77. The van der Waals surface area contributed by atoms with Crippen molar-refractivity contribution in [3.63, 3.8) is 0 Å². The minimum atomic E-state index is -0.103. The number of alkyl halides is 1. The summed E-state index contributed by atoms with van der Waals surface area (Å²) in [5.74, 6) is 1.18. The van der Waals surface area contributed by atoms with Crippen LogP contribution in [0.4, 0.5) is 0 Å². The van der Waals surface area contributed by atoms with Crippen molar-refractivity contribution in [2.24, 2.45) is 0 Å². The molecule has 1 amide bonds. The molecule has 1 aromatic rings. The molecule has 0 radical (unpaired) electrons. The van der Waals surface area contributed by atoms with Crippen LogP contribution in [0.15, 0.2) is 16.5 Å². The topological polar surface area (TPSA) is 42.2 Å². The molecule has 0 aliphatic rings. The molecule has 1 heterocycles. The van der Waals surface area contributed by atoms with Crippen LogP contribution in [-0.2, 0) is 6.42 Å². The number of hydrogen-bond acceptors (Lipinski definition) is 2. The van der Waals surface area contributed by atoms with E-state index in [0.717, 1.165) is 25.1 Å². The van der Waals surface area contributed by atoms with Crippen LogP contribution in [-0.4, -0.2) is 16.9 Å². The van der Waals surface area contributed by atoms with Gasteiger partial charge in [0.25, 0.3) is 5.91 Å². The number of amides is 1. The molecule has 1 aromatic heterocycles. The maximum absolute atomic E-state index is 11.6. The Kier molecular flexibility index (Phi) is 6.52. The molecule has 0 spiro atoms. The normalized spacial score (nSPS) is 10.4. The van der Waals surface area contributed by atoms with E-state index < -0.39 is 0 Å². The Morgan fingerprint density at radius 2 is 2.19 bits per heavy atom. The second kappa shape index (κ2) is 7.70. The van der Waals surface area contributed by atoms with Crippen molar-refractivity contribution in [3.8, 4) is 0 Å². The summed E-state index contributed by atoms with van der Waals surface area (Å²) in [6.07, 6.45) is 4.25. The number of rotatable bonds is 7. The van der Waals surface area contributed by atoms with E-state index in [0.29, 0.717) is 5.76 Å². The largest absolute Gasteiger partial charge is 0.456 e. The zero-order valence-corrected chi connectivity index (χ0v) is 11.7. The second-order valence-corrected chi connectivity index (χ2v) is 4.70. The summed E-state index contributed by atoms with van der Waals surface area (Å²) in [4.78, 5) is 11.6. The van der Waals surface area contributed by atoms with Crippen molar-refractivity contribution in [2.45, 2.75) is 32.6 Å². The van der Waals surface area contributed by atoms with Gasteiger partial charge in [-0.15, -0.1) is 0 Å². The smallest absolute Gasteiger partial charge is 0.286 e. The molecule has 0 saturated carbocycles. The van der Waals surface area contributed by atoms with Crippen molar-refractivity contribution in [3.05, 3.63) is 23.7 Å². The molecule has 3 nitrogen and oxygen atoms in total. The van der Waals surface area contributed by atoms with Crippen molar-refractivity contribution < 1.29 is 9.21 Å². The van der Waals surface area contributed by atoms with E-state index in [1.165, 1.54) is 17.3 Å². The SMILES string of the molecule is CCc1ccc(C(=O)NCCCCCI)o1. The Morgan fingerprint density at radius 3 is 2.81 bits per heavy atom. The van der Waals surface area contributed by atoms with Crippen LogP contribution in [0.25, 0.3) is 0 Å². The van der Waals surface area contributed by atoms with Gasteiger partial charge in [0.15, 0.2) is 5.76 Å². The average molecular weight is 335 g/mol. The molecule has 0 aliphatic heterocycles. The number of nitrogens with one attached hydrogen (secondary N) is 1. The second-order valence-electron chi connectivity index (χ2n) is 3.63. The maximum Gasteiger partial charge on any atom is 0.286 e. The van der Waals surface area contributed by atoms with Gasteiger partial charge >= 0.3 is 0 Å². The summed E-state index contributed by atoms with van der Waals surface area (Å²) in [5, 5.41) is 2.86. The number of furan rings is 1. The van der Waals surface area contributed by atoms with Gasteiger partial charge < -0.3 is 9.73 Å². The molecule has 1 rings (SSSR count). The number of hydrogen-bond donors (Lipinski definition) is 1. The van der Waals surface area contributed by atoms with E-state index in [1.54, 1.807) is 6.07 Å². The van der Waals surface area contributed by atoms with Gasteiger partial charge in [0.1, 0.15) is 5.76 Å². The van der Waals surface area contributed by atoms with Crippen LogP contribution in [0.5, 0.6) is 0 Å².